The topological polar surface area (TPSA) is 54.9 Å². The van der Waals surface area contributed by atoms with Crippen LogP contribution in [0.25, 0.3) is 0 Å². The van der Waals surface area contributed by atoms with Crippen LogP contribution < -0.4 is 11.2 Å². The summed E-state index contributed by atoms with van der Waals surface area (Å²) in [6.07, 6.45) is -3.88. The van der Waals surface area contributed by atoms with Crippen molar-refractivity contribution in [1.29, 1.82) is 0 Å². The Morgan fingerprint density at radius 2 is 2.00 bits per heavy atom. The second-order valence-corrected chi connectivity index (χ2v) is 3.33. The Hall–Kier alpha value is -1.53. The molecule has 0 amide bonds. The van der Waals surface area contributed by atoms with Crippen LogP contribution >= 0.6 is 0 Å². The minimum Gasteiger partial charge on any atom is -0.300 e. The number of rotatable bonds is 3. The molecular weight excluding hydrogens is 225 g/mol. The van der Waals surface area contributed by atoms with Gasteiger partial charge in [-0.3, -0.25) is 14.3 Å². The number of alkyl halides is 3. The van der Waals surface area contributed by atoms with Crippen molar-refractivity contribution in [2.24, 2.45) is 0 Å². The molecule has 16 heavy (non-hydrogen) atoms. The fraction of sp³-hybridized carbons (Fsp3) is 0.556. The molecule has 1 aromatic rings. The van der Waals surface area contributed by atoms with Crippen LogP contribution in [0.15, 0.2) is 15.8 Å². The summed E-state index contributed by atoms with van der Waals surface area (Å²) >= 11 is 0. The van der Waals surface area contributed by atoms with E-state index in [1.54, 1.807) is 6.92 Å². The van der Waals surface area contributed by atoms with Gasteiger partial charge in [-0.05, 0) is 6.42 Å². The number of aromatic nitrogens is 2. The standard InChI is InChI=1S/C9H11F3N2O2/c1-2-6-5-14(4-3-9(10,11)12)8(16)13-7(6)15/h5H,2-4H2,1H3,(H,13,15,16). The Morgan fingerprint density at radius 1 is 1.38 bits per heavy atom. The summed E-state index contributed by atoms with van der Waals surface area (Å²) in [4.78, 5) is 24.3. The summed E-state index contributed by atoms with van der Waals surface area (Å²) in [5.41, 5.74) is -1.07. The number of aromatic amines is 1. The van der Waals surface area contributed by atoms with Crippen LogP contribution in [0, 0.1) is 0 Å². The zero-order chi connectivity index (χ0) is 12.3. The molecule has 4 nitrogen and oxygen atoms in total. The quantitative estimate of drug-likeness (QED) is 0.852. The van der Waals surface area contributed by atoms with Crippen molar-refractivity contribution in [3.8, 4) is 0 Å². The number of hydrogen-bond acceptors (Lipinski definition) is 2. The monoisotopic (exact) mass is 236 g/mol. The molecule has 1 aromatic heterocycles. The normalized spacial score (nSPS) is 11.8. The SMILES string of the molecule is CCc1cn(CCC(F)(F)F)c(=O)[nH]c1=O. The van der Waals surface area contributed by atoms with E-state index >= 15 is 0 Å². The van der Waals surface area contributed by atoms with E-state index < -0.39 is 30.4 Å². The Bertz CT molecular complexity index is 473. The van der Waals surface area contributed by atoms with Crippen molar-refractivity contribution in [2.75, 3.05) is 0 Å². The molecule has 0 aliphatic carbocycles. The first kappa shape index (κ1) is 12.5. The summed E-state index contributed by atoms with van der Waals surface area (Å²) in [5, 5.41) is 0. The van der Waals surface area contributed by atoms with E-state index in [1.807, 2.05) is 4.98 Å². The second-order valence-electron chi connectivity index (χ2n) is 3.33. The highest BCUT2D eigenvalue weighted by Crippen LogP contribution is 2.19. The summed E-state index contributed by atoms with van der Waals surface area (Å²) in [5.74, 6) is 0. The third-order valence-corrected chi connectivity index (χ3v) is 2.10. The molecule has 0 saturated carbocycles. The number of halogens is 3. The maximum Gasteiger partial charge on any atom is 0.390 e. The van der Waals surface area contributed by atoms with Crippen LogP contribution in [-0.4, -0.2) is 15.7 Å². The largest absolute Gasteiger partial charge is 0.390 e. The molecule has 0 aliphatic rings. The molecule has 0 aromatic carbocycles. The van der Waals surface area contributed by atoms with Crippen molar-refractivity contribution in [3.63, 3.8) is 0 Å². The van der Waals surface area contributed by atoms with E-state index in [4.69, 9.17) is 0 Å². The first-order chi connectivity index (χ1) is 7.33. The molecule has 0 bridgehead atoms. The molecule has 0 radical (unpaired) electrons. The van der Waals surface area contributed by atoms with Gasteiger partial charge >= 0.3 is 11.9 Å². The van der Waals surface area contributed by atoms with Gasteiger partial charge in [0.2, 0.25) is 0 Å². The molecule has 0 saturated heterocycles. The van der Waals surface area contributed by atoms with Crippen LogP contribution in [0.1, 0.15) is 18.9 Å². The van der Waals surface area contributed by atoms with Gasteiger partial charge in [-0.1, -0.05) is 6.92 Å². The Kier molecular flexibility index (Phi) is 3.56. The summed E-state index contributed by atoms with van der Waals surface area (Å²) in [7, 11) is 0. The number of hydrogen-bond donors (Lipinski definition) is 1. The average molecular weight is 236 g/mol. The first-order valence-electron chi connectivity index (χ1n) is 4.73. The van der Waals surface area contributed by atoms with E-state index in [1.165, 1.54) is 6.20 Å². The maximum absolute atomic E-state index is 11.9. The third kappa shape index (κ3) is 3.25. The lowest BCUT2D eigenvalue weighted by molar-refractivity contribution is -0.136. The molecule has 0 atom stereocenters. The van der Waals surface area contributed by atoms with E-state index in [-0.39, 0.29) is 0 Å². The maximum atomic E-state index is 11.9. The molecule has 7 heteroatoms. The zero-order valence-electron chi connectivity index (χ0n) is 8.60. The molecular formula is C9H11F3N2O2. The lowest BCUT2D eigenvalue weighted by Crippen LogP contribution is -2.32. The molecule has 0 fully saturated rings. The van der Waals surface area contributed by atoms with Gasteiger partial charge in [-0.15, -0.1) is 0 Å². The Morgan fingerprint density at radius 3 is 2.50 bits per heavy atom. The highest BCUT2D eigenvalue weighted by molar-refractivity contribution is 5.03. The molecule has 1 rings (SSSR count). The fourth-order valence-electron chi connectivity index (χ4n) is 1.22. The van der Waals surface area contributed by atoms with E-state index in [9.17, 15) is 22.8 Å². The number of aryl methyl sites for hydroxylation is 2. The third-order valence-electron chi connectivity index (χ3n) is 2.10. The van der Waals surface area contributed by atoms with Gasteiger partial charge in [0.1, 0.15) is 0 Å². The second kappa shape index (κ2) is 4.54. The van der Waals surface area contributed by atoms with E-state index in [0.29, 0.717) is 12.0 Å². The molecule has 1 N–H and O–H groups in total. The summed E-state index contributed by atoms with van der Waals surface area (Å²) in [6.45, 7) is 1.20. The van der Waals surface area contributed by atoms with Crippen LogP contribution in [0.4, 0.5) is 13.2 Å². The highest BCUT2D eigenvalue weighted by Gasteiger charge is 2.26. The predicted molar refractivity (Wildman–Crippen MR) is 51.4 cm³/mol. The minimum atomic E-state index is -4.32. The van der Waals surface area contributed by atoms with E-state index in [0.717, 1.165) is 4.57 Å². The van der Waals surface area contributed by atoms with Crippen LogP contribution in [0.2, 0.25) is 0 Å². The minimum absolute atomic E-state index is 0.293. The van der Waals surface area contributed by atoms with Crippen molar-refractivity contribution in [1.82, 2.24) is 9.55 Å². The van der Waals surface area contributed by atoms with Crippen LogP contribution in [0.5, 0.6) is 0 Å². The first-order valence-corrected chi connectivity index (χ1v) is 4.73. The number of nitrogens with one attached hydrogen (secondary N) is 1. The van der Waals surface area contributed by atoms with Crippen LogP contribution in [0.3, 0.4) is 0 Å². The van der Waals surface area contributed by atoms with Gasteiger partial charge in [0.25, 0.3) is 5.56 Å². The molecule has 1 heterocycles. The number of H-pyrrole nitrogens is 1. The van der Waals surface area contributed by atoms with Gasteiger partial charge in [0, 0.05) is 18.3 Å². The molecule has 0 unspecified atom stereocenters. The predicted octanol–water partition coefficient (Wildman–Crippen LogP) is 1.05. The van der Waals surface area contributed by atoms with Gasteiger partial charge in [0.05, 0.1) is 6.42 Å². The molecule has 90 valence electrons. The lowest BCUT2D eigenvalue weighted by Gasteiger charge is -2.08. The van der Waals surface area contributed by atoms with Gasteiger partial charge in [0.15, 0.2) is 0 Å². The molecule has 0 spiro atoms. The smallest absolute Gasteiger partial charge is 0.300 e. The van der Waals surface area contributed by atoms with E-state index in [2.05, 4.69) is 0 Å². The van der Waals surface area contributed by atoms with Gasteiger partial charge < -0.3 is 0 Å². The Balaban J connectivity index is 2.97. The van der Waals surface area contributed by atoms with Crippen molar-refractivity contribution >= 4 is 0 Å². The number of nitrogens with zero attached hydrogens (tertiary/aromatic N) is 1. The summed E-state index contributed by atoms with van der Waals surface area (Å²) in [6, 6.07) is 0. The van der Waals surface area contributed by atoms with Crippen molar-refractivity contribution in [3.05, 3.63) is 32.6 Å². The molecule has 0 aliphatic heterocycles. The van der Waals surface area contributed by atoms with Gasteiger partial charge in [-0.2, -0.15) is 13.2 Å². The van der Waals surface area contributed by atoms with Crippen LogP contribution in [-0.2, 0) is 13.0 Å². The van der Waals surface area contributed by atoms with Gasteiger partial charge in [-0.25, -0.2) is 4.79 Å². The Labute approximate surface area is 88.7 Å². The fourth-order valence-corrected chi connectivity index (χ4v) is 1.22. The highest BCUT2D eigenvalue weighted by atomic mass is 19.4. The zero-order valence-corrected chi connectivity index (χ0v) is 8.60. The average Bonchev–Trinajstić information content (AvgIpc) is 2.15. The summed E-state index contributed by atoms with van der Waals surface area (Å²) < 4.78 is 36.7. The van der Waals surface area contributed by atoms with Crippen molar-refractivity contribution < 1.29 is 13.2 Å². The van der Waals surface area contributed by atoms with Crippen molar-refractivity contribution in [2.45, 2.75) is 32.5 Å². The lowest BCUT2D eigenvalue weighted by atomic mass is 10.2.